The van der Waals surface area contributed by atoms with E-state index in [0.29, 0.717) is 0 Å². The van der Waals surface area contributed by atoms with E-state index in [9.17, 15) is 14.7 Å². The topological polar surface area (TPSA) is 161 Å². The summed E-state index contributed by atoms with van der Waals surface area (Å²) in [5, 5.41) is 17.2. The number of nitrogens with zero attached hydrogens (tertiary/aromatic N) is 3. The minimum Gasteiger partial charge on any atom is -0.465 e. The number of esters is 1. The molecule has 2 N–H and O–H groups in total. The second-order valence-corrected chi connectivity index (χ2v) is 7.09. The van der Waals surface area contributed by atoms with Gasteiger partial charge in [-0.1, -0.05) is 5.11 Å². The molecule has 1 amide bonds. The van der Waals surface area contributed by atoms with Crippen molar-refractivity contribution in [1.82, 2.24) is 5.32 Å². The fraction of sp³-hybridized carbons (Fsp3) is 0.875. The van der Waals surface area contributed by atoms with Crippen LogP contribution in [0.15, 0.2) is 5.11 Å². The number of carbonyl (C=O) groups is 2. The van der Waals surface area contributed by atoms with Gasteiger partial charge in [-0.25, -0.2) is 4.79 Å². The number of azide groups is 1. The lowest BCUT2D eigenvalue weighted by molar-refractivity contribution is -0.293. The van der Waals surface area contributed by atoms with Crippen molar-refractivity contribution >= 4 is 11.9 Å². The summed E-state index contributed by atoms with van der Waals surface area (Å²) in [6.07, 6.45) is -3.58. The van der Waals surface area contributed by atoms with E-state index in [0.717, 1.165) is 7.11 Å². The second kappa shape index (κ2) is 8.60. The zero-order valence-electron chi connectivity index (χ0n) is 16.4. The van der Waals surface area contributed by atoms with Gasteiger partial charge in [0.05, 0.1) is 25.8 Å². The monoisotopic (exact) mass is 402 g/mol. The van der Waals surface area contributed by atoms with Crippen LogP contribution in [0.5, 0.6) is 0 Å². The van der Waals surface area contributed by atoms with Crippen LogP contribution < -0.4 is 5.32 Å². The fourth-order valence-corrected chi connectivity index (χ4v) is 3.43. The molecule has 6 atom stereocenters. The van der Waals surface area contributed by atoms with Crippen LogP contribution in [0.2, 0.25) is 0 Å². The summed E-state index contributed by atoms with van der Waals surface area (Å²) in [5.74, 6) is -4.15. The van der Waals surface area contributed by atoms with Crippen molar-refractivity contribution in [3.8, 4) is 0 Å². The normalized spacial score (nSPS) is 35.5. The van der Waals surface area contributed by atoms with Gasteiger partial charge in [0.1, 0.15) is 18.3 Å². The molecule has 0 saturated carbocycles. The largest absolute Gasteiger partial charge is 0.465 e. The maximum absolute atomic E-state index is 12.4. The molecule has 0 aromatic heterocycles. The Labute approximate surface area is 162 Å². The standard InChI is InChI=1S/C16H26N4O8/c1-8(21)18-11-9(19-20-17)6-16(25-5,14(23)24-4)28-13(11)12(22)10-7-26-15(2,3)27-10/h9-13,22H,6-7H2,1-5H3,(H,18,21)/t9-,10-,11-,12-,13?,16+/m1/s1. The van der Waals surface area contributed by atoms with Crippen LogP contribution in [0.1, 0.15) is 27.2 Å². The predicted molar refractivity (Wildman–Crippen MR) is 92.7 cm³/mol. The number of aliphatic hydroxyl groups is 1. The van der Waals surface area contributed by atoms with Crippen molar-refractivity contribution in [2.24, 2.45) is 5.11 Å². The number of nitrogens with one attached hydrogen (secondary N) is 1. The molecule has 0 aliphatic carbocycles. The summed E-state index contributed by atoms with van der Waals surface area (Å²) in [6.45, 7) is 4.70. The summed E-state index contributed by atoms with van der Waals surface area (Å²) in [4.78, 5) is 26.9. The van der Waals surface area contributed by atoms with Gasteiger partial charge in [0.25, 0.3) is 5.79 Å². The second-order valence-electron chi connectivity index (χ2n) is 7.09. The van der Waals surface area contributed by atoms with Crippen LogP contribution in [0.3, 0.4) is 0 Å². The van der Waals surface area contributed by atoms with Gasteiger partial charge in [-0.15, -0.1) is 0 Å². The van der Waals surface area contributed by atoms with E-state index in [1.807, 2.05) is 0 Å². The molecular weight excluding hydrogens is 376 g/mol. The first-order valence-corrected chi connectivity index (χ1v) is 8.71. The molecule has 28 heavy (non-hydrogen) atoms. The Balaban J connectivity index is 2.43. The van der Waals surface area contributed by atoms with Gasteiger partial charge in [-0.05, 0) is 19.4 Å². The molecule has 0 bridgehead atoms. The highest BCUT2D eigenvalue weighted by molar-refractivity contribution is 5.78. The Morgan fingerprint density at radius 2 is 2.04 bits per heavy atom. The van der Waals surface area contributed by atoms with Crippen molar-refractivity contribution in [2.75, 3.05) is 20.8 Å². The Hall–Kier alpha value is -1.95. The number of aliphatic hydroxyl groups excluding tert-OH is 1. The maximum atomic E-state index is 12.4. The Morgan fingerprint density at radius 3 is 2.50 bits per heavy atom. The quantitative estimate of drug-likeness (QED) is 0.271. The molecule has 158 valence electrons. The van der Waals surface area contributed by atoms with E-state index in [2.05, 4.69) is 15.3 Å². The van der Waals surface area contributed by atoms with Crippen molar-refractivity contribution in [3.05, 3.63) is 10.4 Å². The van der Waals surface area contributed by atoms with Gasteiger partial charge in [-0.3, -0.25) is 4.79 Å². The molecule has 2 heterocycles. The van der Waals surface area contributed by atoms with Gasteiger partial charge in [0, 0.05) is 25.4 Å². The van der Waals surface area contributed by atoms with E-state index in [1.54, 1.807) is 13.8 Å². The first-order chi connectivity index (χ1) is 13.1. The van der Waals surface area contributed by atoms with E-state index >= 15 is 0 Å². The van der Waals surface area contributed by atoms with E-state index in [1.165, 1.54) is 14.0 Å². The van der Waals surface area contributed by atoms with Crippen LogP contribution >= 0.6 is 0 Å². The Kier molecular flexibility index (Phi) is 6.86. The minimum atomic E-state index is -1.93. The molecule has 0 spiro atoms. The first kappa shape index (κ1) is 22.3. The molecule has 2 fully saturated rings. The number of hydrogen-bond acceptors (Lipinski definition) is 9. The number of amides is 1. The molecule has 2 saturated heterocycles. The summed E-state index contributed by atoms with van der Waals surface area (Å²) in [5.41, 5.74) is 8.95. The first-order valence-electron chi connectivity index (χ1n) is 8.71. The Bertz CT molecular complexity index is 653. The number of rotatable bonds is 6. The molecule has 0 aromatic carbocycles. The highest BCUT2D eigenvalue weighted by atomic mass is 16.8. The smallest absolute Gasteiger partial charge is 0.366 e. The summed E-state index contributed by atoms with van der Waals surface area (Å²) in [6, 6.07) is -1.90. The molecule has 0 radical (unpaired) electrons. The summed E-state index contributed by atoms with van der Waals surface area (Å²) >= 11 is 0. The van der Waals surface area contributed by atoms with E-state index in [4.69, 9.17) is 29.2 Å². The summed E-state index contributed by atoms with van der Waals surface area (Å²) < 4.78 is 27.0. The number of ether oxygens (including phenoxy) is 5. The molecule has 12 heteroatoms. The molecule has 0 aromatic rings. The molecule has 2 rings (SSSR count). The lowest BCUT2D eigenvalue weighted by atomic mass is 9.87. The number of carbonyl (C=O) groups excluding carboxylic acids is 2. The lowest BCUT2D eigenvalue weighted by Gasteiger charge is -2.46. The van der Waals surface area contributed by atoms with Crippen LogP contribution in [0.4, 0.5) is 0 Å². The van der Waals surface area contributed by atoms with Crippen LogP contribution in [-0.2, 0) is 33.3 Å². The fourth-order valence-electron chi connectivity index (χ4n) is 3.43. The number of methoxy groups -OCH3 is 2. The van der Waals surface area contributed by atoms with Crippen molar-refractivity contribution in [2.45, 2.75) is 69.2 Å². The van der Waals surface area contributed by atoms with E-state index in [-0.39, 0.29) is 13.0 Å². The third kappa shape index (κ3) is 4.54. The third-order valence-corrected chi connectivity index (χ3v) is 4.72. The Morgan fingerprint density at radius 1 is 1.36 bits per heavy atom. The van der Waals surface area contributed by atoms with Crippen molar-refractivity contribution in [1.29, 1.82) is 0 Å². The molecule has 12 nitrogen and oxygen atoms in total. The average Bonchev–Trinajstić information content (AvgIpc) is 3.01. The average molecular weight is 402 g/mol. The van der Waals surface area contributed by atoms with Gasteiger partial charge in [0.15, 0.2) is 5.79 Å². The van der Waals surface area contributed by atoms with Crippen LogP contribution in [0.25, 0.3) is 10.4 Å². The van der Waals surface area contributed by atoms with Gasteiger partial charge in [0.2, 0.25) is 5.91 Å². The predicted octanol–water partition coefficient (Wildman–Crippen LogP) is -0.0130. The molecular formula is C16H26N4O8. The van der Waals surface area contributed by atoms with Crippen molar-refractivity contribution in [3.63, 3.8) is 0 Å². The van der Waals surface area contributed by atoms with Gasteiger partial charge < -0.3 is 34.1 Å². The van der Waals surface area contributed by atoms with Gasteiger partial charge in [-0.2, -0.15) is 0 Å². The lowest BCUT2D eigenvalue weighted by Crippen LogP contribution is -2.67. The minimum absolute atomic E-state index is 0.0607. The van der Waals surface area contributed by atoms with Crippen LogP contribution in [0, 0.1) is 0 Å². The number of hydrogen-bond donors (Lipinski definition) is 2. The zero-order valence-corrected chi connectivity index (χ0v) is 16.4. The third-order valence-electron chi connectivity index (χ3n) is 4.72. The highest BCUT2D eigenvalue weighted by Crippen LogP contribution is 2.37. The summed E-state index contributed by atoms with van der Waals surface area (Å²) in [7, 11) is 2.38. The highest BCUT2D eigenvalue weighted by Gasteiger charge is 2.56. The SMILES string of the molecule is COC(=O)[C@]1(OC)C[C@@H](N=[N+]=[N-])[C@@H](NC(C)=O)C([C@H](O)[C@H]2COC(C)(C)O2)O1. The molecule has 2 aliphatic heterocycles. The van der Waals surface area contributed by atoms with Gasteiger partial charge >= 0.3 is 5.97 Å². The molecule has 1 unspecified atom stereocenters. The van der Waals surface area contributed by atoms with E-state index < -0.39 is 53.8 Å². The van der Waals surface area contributed by atoms with Crippen LogP contribution in [-0.4, -0.2) is 79.8 Å². The maximum Gasteiger partial charge on any atom is 0.366 e. The zero-order chi connectivity index (χ0) is 21.1. The van der Waals surface area contributed by atoms with Crippen molar-refractivity contribution < 1.29 is 38.4 Å². The molecule has 2 aliphatic rings.